The van der Waals surface area contributed by atoms with Gasteiger partial charge in [0.25, 0.3) is 5.91 Å². The van der Waals surface area contributed by atoms with Crippen LogP contribution in [0.1, 0.15) is 9.67 Å². The van der Waals surface area contributed by atoms with Crippen LogP contribution in [-0.2, 0) is 4.79 Å². The third-order valence-electron chi connectivity index (χ3n) is 3.33. The van der Waals surface area contributed by atoms with Crippen LogP contribution >= 0.6 is 46.3 Å². The molecule has 0 fully saturated rings. The van der Waals surface area contributed by atoms with Gasteiger partial charge < -0.3 is 0 Å². The molecule has 0 aliphatic rings. The molecule has 138 valence electrons. The summed E-state index contributed by atoms with van der Waals surface area (Å²) in [6.07, 6.45) is 1.45. The Morgan fingerprint density at radius 1 is 1.04 bits per heavy atom. The molecule has 3 rings (SSSR count). The number of hydrazine groups is 1. The van der Waals surface area contributed by atoms with E-state index in [0.717, 1.165) is 10.5 Å². The molecule has 2 amide bonds. The SMILES string of the molecule is O=C(CSc1ccc(Cl)cc1)NNC(=O)c1cnc(-c2ccccc2Cl)s1. The number of thioether (sulfide) groups is 1. The molecule has 0 bridgehead atoms. The summed E-state index contributed by atoms with van der Waals surface area (Å²) < 4.78 is 0. The zero-order valence-electron chi connectivity index (χ0n) is 13.7. The van der Waals surface area contributed by atoms with E-state index >= 15 is 0 Å². The molecule has 0 unspecified atom stereocenters. The lowest BCUT2D eigenvalue weighted by Gasteiger charge is -2.06. The fourth-order valence-electron chi connectivity index (χ4n) is 2.04. The number of nitrogens with zero attached hydrogens (tertiary/aromatic N) is 1. The number of rotatable bonds is 5. The van der Waals surface area contributed by atoms with E-state index in [1.165, 1.54) is 29.3 Å². The molecule has 9 heteroatoms. The van der Waals surface area contributed by atoms with Crippen LogP contribution in [0.4, 0.5) is 0 Å². The first-order valence-corrected chi connectivity index (χ1v) is 10.3. The number of carbonyl (C=O) groups is 2. The van der Waals surface area contributed by atoms with Crippen molar-refractivity contribution in [2.75, 3.05) is 5.75 Å². The molecule has 5 nitrogen and oxygen atoms in total. The molecule has 0 saturated carbocycles. The molecule has 0 aliphatic carbocycles. The minimum atomic E-state index is -0.435. The van der Waals surface area contributed by atoms with Crippen molar-refractivity contribution in [3.63, 3.8) is 0 Å². The summed E-state index contributed by atoms with van der Waals surface area (Å²) in [4.78, 5) is 29.6. The molecule has 3 aromatic rings. The second-order valence-corrected chi connectivity index (χ2v) is 8.18. The lowest BCUT2D eigenvalue weighted by atomic mass is 10.2. The Bertz CT molecular complexity index is 961. The molecule has 0 spiro atoms. The highest BCUT2D eigenvalue weighted by molar-refractivity contribution is 8.00. The maximum atomic E-state index is 12.2. The average Bonchev–Trinajstić information content (AvgIpc) is 3.16. The van der Waals surface area contributed by atoms with E-state index in [2.05, 4.69) is 15.8 Å². The second kappa shape index (κ2) is 9.23. The van der Waals surface area contributed by atoms with Crippen LogP contribution in [0.15, 0.2) is 59.6 Å². The van der Waals surface area contributed by atoms with Gasteiger partial charge in [0.2, 0.25) is 5.91 Å². The van der Waals surface area contributed by atoms with Gasteiger partial charge in [0.1, 0.15) is 9.88 Å². The molecular weight excluding hydrogens is 425 g/mol. The van der Waals surface area contributed by atoms with Gasteiger partial charge in [0.15, 0.2) is 0 Å². The molecule has 1 aromatic heterocycles. The maximum Gasteiger partial charge on any atom is 0.281 e. The van der Waals surface area contributed by atoms with Gasteiger partial charge in [-0.15, -0.1) is 23.1 Å². The topological polar surface area (TPSA) is 71.1 Å². The Morgan fingerprint density at radius 3 is 2.52 bits per heavy atom. The number of halogens is 2. The number of aromatic nitrogens is 1. The lowest BCUT2D eigenvalue weighted by Crippen LogP contribution is -2.42. The van der Waals surface area contributed by atoms with Gasteiger partial charge in [-0.25, -0.2) is 4.98 Å². The van der Waals surface area contributed by atoms with Crippen LogP contribution in [0.5, 0.6) is 0 Å². The van der Waals surface area contributed by atoms with E-state index in [4.69, 9.17) is 23.2 Å². The number of amides is 2. The Kier molecular flexibility index (Phi) is 6.73. The summed E-state index contributed by atoms with van der Waals surface area (Å²) in [6.45, 7) is 0. The molecule has 1 heterocycles. The number of hydrogen-bond acceptors (Lipinski definition) is 5. The van der Waals surface area contributed by atoms with Crippen molar-refractivity contribution in [3.05, 3.63) is 69.7 Å². The third kappa shape index (κ3) is 5.46. The molecule has 27 heavy (non-hydrogen) atoms. The second-order valence-electron chi connectivity index (χ2n) is 5.25. The zero-order chi connectivity index (χ0) is 19.2. The zero-order valence-corrected chi connectivity index (χ0v) is 16.9. The van der Waals surface area contributed by atoms with E-state index in [0.29, 0.717) is 19.9 Å². The Hall–Kier alpha value is -2.06. The van der Waals surface area contributed by atoms with Gasteiger partial charge in [0.05, 0.1) is 17.0 Å². The van der Waals surface area contributed by atoms with Crippen molar-refractivity contribution >= 4 is 58.1 Å². The fraction of sp³-hybridized carbons (Fsp3) is 0.0556. The minimum Gasteiger partial charge on any atom is -0.272 e. The van der Waals surface area contributed by atoms with Crippen LogP contribution in [0.3, 0.4) is 0 Å². The number of benzene rings is 2. The van der Waals surface area contributed by atoms with E-state index in [9.17, 15) is 9.59 Å². The number of carbonyl (C=O) groups excluding carboxylic acids is 2. The molecule has 0 atom stereocenters. The Morgan fingerprint density at radius 2 is 1.78 bits per heavy atom. The quantitative estimate of drug-likeness (QED) is 0.449. The van der Waals surface area contributed by atoms with Crippen molar-refractivity contribution in [2.24, 2.45) is 0 Å². The monoisotopic (exact) mass is 437 g/mol. The highest BCUT2D eigenvalue weighted by Gasteiger charge is 2.14. The van der Waals surface area contributed by atoms with Crippen molar-refractivity contribution < 1.29 is 9.59 Å². The summed E-state index contributed by atoms with van der Waals surface area (Å²) in [5.41, 5.74) is 5.53. The van der Waals surface area contributed by atoms with Crippen molar-refractivity contribution in [3.8, 4) is 10.6 Å². The van der Waals surface area contributed by atoms with Gasteiger partial charge in [-0.3, -0.25) is 20.4 Å². The van der Waals surface area contributed by atoms with E-state index < -0.39 is 5.91 Å². The Balaban J connectivity index is 1.51. The fourth-order valence-corrected chi connectivity index (χ4v) is 4.00. The van der Waals surface area contributed by atoms with E-state index in [1.54, 1.807) is 18.2 Å². The number of thiazole rings is 1. The van der Waals surface area contributed by atoms with Crippen molar-refractivity contribution in [1.29, 1.82) is 0 Å². The first kappa shape index (κ1) is 19.7. The van der Waals surface area contributed by atoms with Crippen LogP contribution in [0.25, 0.3) is 10.6 Å². The summed E-state index contributed by atoms with van der Waals surface area (Å²) >= 11 is 14.5. The summed E-state index contributed by atoms with van der Waals surface area (Å²) in [5.74, 6) is -0.593. The van der Waals surface area contributed by atoms with Gasteiger partial charge in [-0.2, -0.15) is 0 Å². The van der Waals surface area contributed by atoms with E-state index in [1.807, 2.05) is 30.3 Å². The van der Waals surface area contributed by atoms with Crippen LogP contribution in [0.2, 0.25) is 10.0 Å². The number of hydrogen-bond donors (Lipinski definition) is 2. The molecule has 0 radical (unpaired) electrons. The predicted molar refractivity (Wildman–Crippen MR) is 110 cm³/mol. The molecule has 2 aromatic carbocycles. The van der Waals surface area contributed by atoms with Crippen molar-refractivity contribution in [2.45, 2.75) is 4.90 Å². The molecule has 0 saturated heterocycles. The smallest absolute Gasteiger partial charge is 0.272 e. The van der Waals surface area contributed by atoms with Crippen LogP contribution < -0.4 is 10.9 Å². The first-order chi connectivity index (χ1) is 13.0. The maximum absolute atomic E-state index is 12.2. The van der Waals surface area contributed by atoms with Crippen LogP contribution in [-0.4, -0.2) is 22.6 Å². The van der Waals surface area contributed by atoms with Gasteiger partial charge in [0, 0.05) is 15.5 Å². The summed E-state index contributed by atoms with van der Waals surface area (Å²) in [6, 6.07) is 14.4. The highest BCUT2D eigenvalue weighted by Crippen LogP contribution is 2.30. The third-order valence-corrected chi connectivity index (χ3v) is 5.96. The van der Waals surface area contributed by atoms with Crippen LogP contribution in [0, 0.1) is 0 Å². The largest absolute Gasteiger partial charge is 0.281 e. The first-order valence-electron chi connectivity index (χ1n) is 7.71. The number of nitrogens with one attached hydrogen (secondary N) is 2. The van der Waals surface area contributed by atoms with E-state index in [-0.39, 0.29) is 11.7 Å². The van der Waals surface area contributed by atoms with Gasteiger partial charge in [-0.1, -0.05) is 41.4 Å². The molecular formula is C18H13Cl2N3O2S2. The molecule has 0 aliphatic heterocycles. The Labute approximate surface area is 174 Å². The van der Waals surface area contributed by atoms with Gasteiger partial charge >= 0.3 is 0 Å². The summed E-state index contributed by atoms with van der Waals surface area (Å²) in [5, 5.41) is 1.83. The highest BCUT2D eigenvalue weighted by atomic mass is 35.5. The van der Waals surface area contributed by atoms with Gasteiger partial charge in [-0.05, 0) is 30.3 Å². The molecule has 2 N–H and O–H groups in total. The normalized spacial score (nSPS) is 10.4. The van der Waals surface area contributed by atoms with Crippen molar-refractivity contribution in [1.82, 2.24) is 15.8 Å². The standard InChI is InChI=1S/C18H13Cl2N3O2S2/c19-11-5-7-12(8-6-11)26-10-16(24)22-23-17(25)15-9-21-18(27-15)13-3-1-2-4-14(13)20/h1-9H,10H2,(H,22,24)(H,23,25). The lowest BCUT2D eigenvalue weighted by molar-refractivity contribution is -0.119. The predicted octanol–water partition coefficient (Wildman–Crippen LogP) is 4.67. The minimum absolute atomic E-state index is 0.162. The summed E-state index contributed by atoms with van der Waals surface area (Å²) in [7, 11) is 0. The average molecular weight is 438 g/mol.